The summed E-state index contributed by atoms with van der Waals surface area (Å²) in [6.07, 6.45) is 0. The molecule has 1 rings (SSSR count). The number of hydrogen-bond donors (Lipinski definition) is 2. The molecule has 20 heavy (non-hydrogen) atoms. The maximum Gasteiger partial charge on any atom is 0.240 e. The van der Waals surface area contributed by atoms with Crippen LogP contribution < -0.4 is 10.0 Å². The predicted octanol–water partition coefficient (Wildman–Crippen LogP) is 0.366. The van der Waals surface area contributed by atoms with Gasteiger partial charge in [0.1, 0.15) is 0 Å². The number of nitrogens with one attached hydrogen (secondary N) is 2. The average Bonchev–Trinajstić information content (AvgIpc) is 2.45. The lowest BCUT2D eigenvalue weighted by Gasteiger charge is -2.12. The second kappa shape index (κ2) is 6.66. The molecule has 0 aromatic heterocycles. The molecule has 0 aliphatic heterocycles. The molecule has 0 spiro atoms. The van der Waals surface area contributed by atoms with Gasteiger partial charge in [0, 0.05) is 12.6 Å². The van der Waals surface area contributed by atoms with E-state index in [4.69, 9.17) is 0 Å². The summed E-state index contributed by atoms with van der Waals surface area (Å²) >= 11 is 0. The van der Waals surface area contributed by atoms with Crippen LogP contribution in [0.1, 0.15) is 13.8 Å². The van der Waals surface area contributed by atoms with Crippen molar-refractivity contribution in [2.75, 3.05) is 19.3 Å². The first-order valence-corrected chi connectivity index (χ1v) is 9.36. The Labute approximate surface area is 120 Å². The molecule has 1 aromatic rings. The molecule has 0 amide bonds. The van der Waals surface area contributed by atoms with E-state index in [1.54, 1.807) is 7.05 Å². The van der Waals surface area contributed by atoms with Crippen LogP contribution in [0.5, 0.6) is 0 Å². The van der Waals surface area contributed by atoms with Gasteiger partial charge in [0.2, 0.25) is 10.0 Å². The highest BCUT2D eigenvalue weighted by molar-refractivity contribution is 7.91. The van der Waals surface area contributed by atoms with Crippen LogP contribution in [0.25, 0.3) is 0 Å². The van der Waals surface area contributed by atoms with Gasteiger partial charge < -0.3 is 5.32 Å². The lowest BCUT2D eigenvalue weighted by molar-refractivity contribution is 0.554. The average molecular weight is 320 g/mol. The lowest BCUT2D eigenvalue weighted by Crippen LogP contribution is -2.37. The van der Waals surface area contributed by atoms with Gasteiger partial charge in [-0.15, -0.1) is 0 Å². The van der Waals surface area contributed by atoms with Gasteiger partial charge >= 0.3 is 0 Å². The first kappa shape index (κ1) is 17.1. The van der Waals surface area contributed by atoms with Gasteiger partial charge in [-0.05, 0) is 32.2 Å². The number of benzene rings is 1. The topological polar surface area (TPSA) is 92.3 Å². The Balaban J connectivity index is 3.06. The molecule has 0 radical (unpaired) electrons. The summed E-state index contributed by atoms with van der Waals surface area (Å²) in [6, 6.07) is 5.37. The van der Waals surface area contributed by atoms with Crippen molar-refractivity contribution >= 4 is 19.9 Å². The minimum Gasteiger partial charge on any atom is -0.316 e. The van der Waals surface area contributed by atoms with Crippen LogP contribution in [0.3, 0.4) is 0 Å². The van der Waals surface area contributed by atoms with Crippen molar-refractivity contribution in [1.29, 1.82) is 0 Å². The van der Waals surface area contributed by atoms with Gasteiger partial charge in [0.25, 0.3) is 0 Å². The monoisotopic (exact) mass is 320 g/mol. The van der Waals surface area contributed by atoms with Crippen molar-refractivity contribution < 1.29 is 16.8 Å². The van der Waals surface area contributed by atoms with Crippen LogP contribution in [-0.2, 0) is 19.9 Å². The van der Waals surface area contributed by atoms with Crippen molar-refractivity contribution in [2.45, 2.75) is 29.7 Å². The van der Waals surface area contributed by atoms with Crippen LogP contribution in [0.2, 0.25) is 0 Å². The number of sulfonamides is 1. The minimum absolute atomic E-state index is 0.0181. The first-order chi connectivity index (χ1) is 9.23. The zero-order valence-corrected chi connectivity index (χ0v) is 13.4. The van der Waals surface area contributed by atoms with Crippen molar-refractivity contribution in [3.63, 3.8) is 0 Å². The zero-order valence-electron chi connectivity index (χ0n) is 11.8. The quantitative estimate of drug-likeness (QED) is 0.757. The van der Waals surface area contributed by atoms with Gasteiger partial charge in [-0.25, -0.2) is 21.6 Å². The van der Waals surface area contributed by atoms with Gasteiger partial charge in [-0.2, -0.15) is 0 Å². The van der Waals surface area contributed by atoms with Crippen molar-refractivity contribution in [1.82, 2.24) is 10.0 Å². The van der Waals surface area contributed by atoms with E-state index in [1.165, 1.54) is 31.2 Å². The minimum atomic E-state index is -3.71. The number of likely N-dealkylation sites (N-methyl/N-ethyl adjacent to an activating group) is 1. The fourth-order valence-electron chi connectivity index (χ4n) is 1.42. The molecular formula is C12H20N2O4S2. The molecule has 0 bridgehead atoms. The molecule has 6 nitrogen and oxygen atoms in total. The van der Waals surface area contributed by atoms with E-state index in [-0.39, 0.29) is 28.1 Å². The number of rotatable bonds is 7. The maximum absolute atomic E-state index is 12.1. The molecule has 114 valence electrons. The highest BCUT2D eigenvalue weighted by atomic mass is 32.2. The Bertz CT molecular complexity index is 654. The summed E-state index contributed by atoms with van der Waals surface area (Å²) in [4.78, 5) is -0.0279. The highest BCUT2D eigenvalue weighted by Crippen LogP contribution is 2.16. The number of sulfone groups is 1. The van der Waals surface area contributed by atoms with Gasteiger partial charge in [-0.3, -0.25) is 0 Å². The van der Waals surface area contributed by atoms with E-state index >= 15 is 0 Å². The van der Waals surface area contributed by atoms with Crippen LogP contribution in [0, 0.1) is 0 Å². The molecule has 0 fully saturated rings. The van der Waals surface area contributed by atoms with Crippen LogP contribution >= 0.6 is 0 Å². The second-order valence-corrected chi connectivity index (χ2v) is 8.47. The SMILES string of the molecule is CCS(=O)(=O)c1cccc(S(=O)(=O)NCC(C)NC)c1. The van der Waals surface area contributed by atoms with Crippen LogP contribution in [0.4, 0.5) is 0 Å². The summed E-state index contributed by atoms with van der Waals surface area (Å²) in [5.41, 5.74) is 0. The predicted molar refractivity (Wildman–Crippen MR) is 77.9 cm³/mol. The summed E-state index contributed by atoms with van der Waals surface area (Å²) in [7, 11) is -5.40. The third kappa shape index (κ3) is 4.27. The van der Waals surface area contributed by atoms with Gasteiger partial charge in [0.15, 0.2) is 9.84 Å². The third-order valence-electron chi connectivity index (χ3n) is 2.93. The fraction of sp³-hybridized carbons (Fsp3) is 0.500. The standard InChI is InChI=1S/C12H20N2O4S2/c1-4-19(15,16)11-6-5-7-12(8-11)20(17,18)14-9-10(2)13-3/h5-8,10,13-14H,4,9H2,1-3H3. The zero-order chi connectivity index (χ0) is 15.4. The molecule has 0 heterocycles. The molecule has 1 aromatic carbocycles. The Kier molecular flexibility index (Phi) is 5.69. The van der Waals surface area contributed by atoms with Crippen molar-refractivity contribution in [3.05, 3.63) is 24.3 Å². The van der Waals surface area contributed by atoms with Gasteiger partial charge in [-0.1, -0.05) is 13.0 Å². The van der Waals surface area contributed by atoms with E-state index in [2.05, 4.69) is 10.0 Å². The molecule has 8 heteroatoms. The van der Waals surface area contributed by atoms with E-state index in [1.807, 2.05) is 6.92 Å². The van der Waals surface area contributed by atoms with Crippen molar-refractivity contribution in [2.24, 2.45) is 0 Å². The maximum atomic E-state index is 12.1. The molecule has 0 aliphatic carbocycles. The van der Waals surface area contributed by atoms with E-state index in [9.17, 15) is 16.8 Å². The summed E-state index contributed by atoms with van der Waals surface area (Å²) in [5.74, 6) is -0.0687. The summed E-state index contributed by atoms with van der Waals surface area (Å²) in [5, 5.41) is 2.91. The number of hydrogen-bond acceptors (Lipinski definition) is 5. The molecule has 1 atom stereocenters. The van der Waals surface area contributed by atoms with Crippen LogP contribution in [-0.4, -0.2) is 42.2 Å². The van der Waals surface area contributed by atoms with E-state index in [0.717, 1.165) is 0 Å². The lowest BCUT2D eigenvalue weighted by atomic mass is 10.4. The molecule has 0 saturated carbocycles. The van der Waals surface area contributed by atoms with Gasteiger partial charge in [0.05, 0.1) is 15.5 Å². The normalized spacial score (nSPS) is 14.2. The fourth-order valence-corrected chi connectivity index (χ4v) is 3.60. The molecule has 0 aliphatic rings. The summed E-state index contributed by atoms with van der Waals surface area (Å²) in [6.45, 7) is 3.58. The van der Waals surface area contributed by atoms with E-state index in [0.29, 0.717) is 0 Å². The first-order valence-electron chi connectivity index (χ1n) is 6.22. The van der Waals surface area contributed by atoms with Crippen LogP contribution in [0.15, 0.2) is 34.1 Å². The van der Waals surface area contributed by atoms with Crippen molar-refractivity contribution in [3.8, 4) is 0 Å². The summed E-state index contributed by atoms with van der Waals surface area (Å²) < 4.78 is 50.1. The Morgan fingerprint density at radius 2 is 1.75 bits per heavy atom. The Hall–Kier alpha value is -0.960. The largest absolute Gasteiger partial charge is 0.316 e. The van der Waals surface area contributed by atoms with E-state index < -0.39 is 19.9 Å². The molecular weight excluding hydrogens is 300 g/mol. The smallest absolute Gasteiger partial charge is 0.240 e. The third-order valence-corrected chi connectivity index (χ3v) is 6.08. The molecule has 2 N–H and O–H groups in total. The highest BCUT2D eigenvalue weighted by Gasteiger charge is 2.18. The molecule has 1 unspecified atom stereocenters. The Morgan fingerprint density at radius 3 is 2.30 bits per heavy atom. The second-order valence-electron chi connectivity index (χ2n) is 4.42. The Morgan fingerprint density at radius 1 is 1.15 bits per heavy atom. The molecule has 0 saturated heterocycles.